The summed E-state index contributed by atoms with van der Waals surface area (Å²) >= 11 is 2.38. The highest BCUT2D eigenvalue weighted by atomic mass is 127. The highest BCUT2D eigenvalue weighted by Gasteiger charge is 2.34. The Morgan fingerprint density at radius 1 is 0.974 bits per heavy atom. The number of carbonyl (C=O) groups is 3. The maximum absolute atomic E-state index is 12.6. The fourth-order valence-corrected chi connectivity index (χ4v) is 3.41. The van der Waals surface area contributed by atoms with Crippen LogP contribution < -0.4 is 0 Å². The molecule has 0 amide bonds. The second-order valence-corrected chi connectivity index (χ2v) is 11.6. The number of alkyl halides is 1. The van der Waals surface area contributed by atoms with Crippen LogP contribution in [0.4, 0.5) is 0 Å². The zero-order valence-corrected chi connectivity index (χ0v) is 26.5. The zero-order valence-electron chi connectivity index (χ0n) is 24.4. The Hall–Kier alpha value is -2.74. The van der Waals surface area contributed by atoms with Crippen LogP contribution >= 0.6 is 22.6 Å². The molecule has 0 unspecified atom stereocenters. The molecule has 1 aliphatic rings. The quantitative estimate of drug-likeness (QED) is 0.115. The summed E-state index contributed by atoms with van der Waals surface area (Å²) in [5, 5.41) is 0. The summed E-state index contributed by atoms with van der Waals surface area (Å²) in [5.41, 5.74) is 3.92. The smallest absolute Gasteiger partial charge is 0.228 e. The third-order valence-electron chi connectivity index (χ3n) is 5.63. The molecule has 0 atom stereocenters. The number of ketones is 3. The molecular weight excluding hydrogens is 591 g/mol. The Balaban J connectivity index is 0.000000887. The number of carbonyl (C=O) groups excluding carboxylic acids is 3. The van der Waals surface area contributed by atoms with Gasteiger partial charge in [-0.05, 0) is 57.7 Å². The molecule has 0 spiro atoms. The summed E-state index contributed by atoms with van der Waals surface area (Å²) in [6.07, 6.45) is 9.63. The largest absolute Gasteiger partial charge is 0.489 e. The summed E-state index contributed by atoms with van der Waals surface area (Å²) in [6.45, 7) is 17.5. The maximum Gasteiger partial charge on any atom is 0.228 e. The Kier molecular flexibility index (Phi) is 16.4. The summed E-state index contributed by atoms with van der Waals surface area (Å²) < 4.78 is 10.3. The van der Waals surface area contributed by atoms with Gasteiger partial charge in [-0.1, -0.05) is 91.6 Å². The van der Waals surface area contributed by atoms with Crippen LogP contribution in [0.15, 0.2) is 83.4 Å². The topological polar surface area (TPSA) is 69.7 Å². The first kappa shape index (κ1) is 35.3. The van der Waals surface area contributed by atoms with E-state index < -0.39 is 0 Å². The highest BCUT2D eigenvalue weighted by molar-refractivity contribution is 14.1. The standard InChI is InChI=1S/C20H22O5.C10H15I.C2H6/c1-12(21)5-6-14-7-9-15(10-8-14)11-16-13(2)17(22)19(24-3)20(25-4)18(16)23;1-5-6-7-8-9(2)10(3,4)11;1-2/h7-10H,5-6,11H2,1-4H3;5-8H,2H2,1,3-4H3;1-2H3/b;6-5-,8-7-;. The molecule has 1 aromatic rings. The number of hydrogen-bond acceptors (Lipinski definition) is 5. The lowest BCUT2D eigenvalue weighted by Gasteiger charge is -2.20. The van der Waals surface area contributed by atoms with Crippen molar-refractivity contribution in [3.8, 4) is 0 Å². The fraction of sp³-hybridized carbons (Fsp3) is 0.406. The van der Waals surface area contributed by atoms with Crippen molar-refractivity contribution < 1.29 is 23.9 Å². The van der Waals surface area contributed by atoms with Gasteiger partial charge >= 0.3 is 0 Å². The van der Waals surface area contributed by atoms with Gasteiger partial charge in [-0.25, -0.2) is 0 Å². The molecule has 0 saturated carbocycles. The first-order chi connectivity index (χ1) is 17.9. The lowest BCUT2D eigenvalue weighted by Crippen LogP contribution is -2.26. The number of rotatable bonds is 10. The predicted octanol–water partition coefficient (Wildman–Crippen LogP) is 7.64. The number of ether oxygens (including phenoxy) is 2. The van der Waals surface area contributed by atoms with Gasteiger partial charge in [0.2, 0.25) is 23.1 Å². The highest BCUT2D eigenvalue weighted by Crippen LogP contribution is 2.28. The van der Waals surface area contributed by atoms with Crippen LogP contribution in [-0.2, 0) is 36.7 Å². The SMILES string of the molecule is C=C(/C=C\C=C/C)C(C)(C)I.CC.COC1=C(OC)C(=O)C(Cc2ccc(CCC(C)=O)cc2)=C(C)C1=O. The van der Waals surface area contributed by atoms with Crippen molar-refractivity contribution >= 4 is 39.9 Å². The number of hydrogen-bond donors (Lipinski definition) is 0. The van der Waals surface area contributed by atoms with E-state index in [2.05, 4.69) is 43.0 Å². The van der Waals surface area contributed by atoms with Gasteiger partial charge in [0.25, 0.3) is 0 Å². The average molecular weight is 635 g/mol. The van der Waals surface area contributed by atoms with Crippen molar-refractivity contribution in [1.82, 2.24) is 0 Å². The molecule has 0 N–H and O–H groups in total. The van der Waals surface area contributed by atoms with Crippen molar-refractivity contribution in [1.29, 1.82) is 0 Å². The van der Waals surface area contributed by atoms with E-state index in [4.69, 9.17) is 9.47 Å². The van der Waals surface area contributed by atoms with E-state index in [1.165, 1.54) is 14.2 Å². The molecule has 38 heavy (non-hydrogen) atoms. The van der Waals surface area contributed by atoms with E-state index in [1.807, 2.05) is 69.3 Å². The van der Waals surface area contributed by atoms with E-state index in [0.717, 1.165) is 16.7 Å². The monoisotopic (exact) mass is 634 g/mol. The lowest BCUT2D eigenvalue weighted by atomic mass is 9.88. The zero-order chi connectivity index (χ0) is 29.5. The van der Waals surface area contributed by atoms with E-state index in [1.54, 1.807) is 13.8 Å². The molecule has 6 heteroatoms. The minimum atomic E-state index is -0.327. The first-order valence-corrected chi connectivity index (χ1v) is 13.8. The van der Waals surface area contributed by atoms with Gasteiger partial charge in [-0.3, -0.25) is 9.59 Å². The Bertz CT molecular complexity index is 1090. The third kappa shape index (κ3) is 11.3. The second kappa shape index (κ2) is 17.7. The fourth-order valence-electron chi connectivity index (χ4n) is 3.23. The second-order valence-electron chi connectivity index (χ2n) is 8.91. The van der Waals surface area contributed by atoms with Gasteiger partial charge in [0.1, 0.15) is 5.78 Å². The van der Waals surface area contributed by atoms with Gasteiger partial charge in [-0.15, -0.1) is 0 Å². The van der Waals surface area contributed by atoms with Crippen LogP contribution in [0.1, 0.15) is 66.0 Å². The molecule has 0 saturated heterocycles. The van der Waals surface area contributed by atoms with Crippen LogP contribution in [0.2, 0.25) is 0 Å². The Morgan fingerprint density at radius 3 is 1.92 bits per heavy atom. The lowest BCUT2D eigenvalue weighted by molar-refractivity contribution is -0.121. The van der Waals surface area contributed by atoms with E-state index >= 15 is 0 Å². The van der Waals surface area contributed by atoms with Crippen LogP contribution in [0.5, 0.6) is 0 Å². The average Bonchev–Trinajstić information content (AvgIpc) is 2.89. The minimum Gasteiger partial charge on any atom is -0.489 e. The van der Waals surface area contributed by atoms with Crippen molar-refractivity contribution in [2.75, 3.05) is 14.2 Å². The number of aryl methyl sites for hydroxylation is 1. The van der Waals surface area contributed by atoms with Crippen molar-refractivity contribution in [3.05, 3.63) is 94.5 Å². The molecule has 1 aromatic carbocycles. The molecule has 1 aliphatic carbocycles. The van der Waals surface area contributed by atoms with Gasteiger partial charge < -0.3 is 14.3 Å². The molecule has 0 bridgehead atoms. The maximum atomic E-state index is 12.6. The molecular formula is C32H43IO5. The van der Waals surface area contributed by atoms with Gasteiger partial charge in [-0.2, -0.15) is 0 Å². The molecule has 0 aromatic heterocycles. The summed E-state index contributed by atoms with van der Waals surface area (Å²) in [7, 11) is 2.69. The van der Waals surface area contributed by atoms with E-state index in [-0.39, 0.29) is 32.3 Å². The Labute approximate surface area is 242 Å². The minimum absolute atomic E-state index is 0.0478. The summed E-state index contributed by atoms with van der Waals surface area (Å²) in [6, 6.07) is 7.71. The number of benzene rings is 1. The van der Waals surface area contributed by atoms with Crippen LogP contribution in [-0.4, -0.2) is 35.0 Å². The van der Waals surface area contributed by atoms with Gasteiger partial charge in [0.15, 0.2) is 0 Å². The van der Waals surface area contributed by atoms with Crippen LogP contribution in [0, 0.1) is 0 Å². The van der Waals surface area contributed by atoms with Gasteiger partial charge in [0.05, 0.1) is 14.2 Å². The number of Topliss-reactive ketones (excluding diaryl/α,β-unsaturated/α-hetero) is 3. The third-order valence-corrected chi connectivity index (χ3v) is 6.32. The number of methoxy groups -OCH3 is 2. The number of halogens is 1. The first-order valence-electron chi connectivity index (χ1n) is 12.7. The van der Waals surface area contributed by atoms with Crippen LogP contribution in [0.25, 0.3) is 0 Å². The molecule has 0 radical (unpaired) electrons. The number of allylic oxidation sites excluding steroid dienone is 7. The van der Waals surface area contributed by atoms with E-state index in [0.29, 0.717) is 30.4 Å². The molecule has 5 nitrogen and oxygen atoms in total. The normalized spacial score (nSPS) is 13.7. The van der Waals surface area contributed by atoms with Crippen molar-refractivity contribution in [2.24, 2.45) is 0 Å². The summed E-state index contributed by atoms with van der Waals surface area (Å²) in [5.74, 6) is -0.590. The van der Waals surface area contributed by atoms with Crippen molar-refractivity contribution in [3.63, 3.8) is 0 Å². The molecule has 208 valence electrons. The molecule has 2 rings (SSSR count). The van der Waals surface area contributed by atoms with Crippen LogP contribution in [0.3, 0.4) is 0 Å². The molecule has 0 fully saturated rings. The summed E-state index contributed by atoms with van der Waals surface area (Å²) in [4.78, 5) is 36.0. The van der Waals surface area contributed by atoms with E-state index in [9.17, 15) is 14.4 Å². The predicted molar refractivity (Wildman–Crippen MR) is 165 cm³/mol. The van der Waals surface area contributed by atoms with Gasteiger partial charge in [0, 0.05) is 27.4 Å². The van der Waals surface area contributed by atoms with Crippen molar-refractivity contribution in [2.45, 2.75) is 71.2 Å². The molecule has 0 aliphatic heterocycles. The Morgan fingerprint density at radius 2 is 1.47 bits per heavy atom. The molecule has 0 heterocycles.